The van der Waals surface area contributed by atoms with Gasteiger partial charge in [-0.15, -0.1) is 0 Å². The average Bonchev–Trinajstić information content (AvgIpc) is 3.33. The van der Waals surface area contributed by atoms with E-state index in [0.29, 0.717) is 24.7 Å². The molecule has 176 valence electrons. The highest BCUT2D eigenvalue weighted by Gasteiger charge is 2.28. The number of rotatable bonds is 7. The van der Waals surface area contributed by atoms with Crippen molar-refractivity contribution in [1.82, 2.24) is 5.32 Å². The van der Waals surface area contributed by atoms with Gasteiger partial charge >= 0.3 is 0 Å². The summed E-state index contributed by atoms with van der Waals surface area (Å²) in [5.41, 5.74) is 5.54. The van der Waals surface area contributed by atoms with Crippen LogP contribution in [0.25, 0.3) is 6.08 Å². The SMILES string of the molecule is COc1cc2c(cc1OCc1ccccc1)C(OC)CNC2/C=C/c1cc2c(cc1C)OCO2. The van der Waals surface area contributed by atoms with Crippen LogP contribution in [0.4, 0.5) is 0 Å². The molecule has 0 spiro atoms. The summed E-state index contributed by atoms with van der Waals surface area (Å²) < 4.78 is 28.7. The Hall–Kier alpha value is -3.48. The lowest BCUT2D eigenvalue weighted by atomic mass is 9.91. The van der Waals surface area contributed by atoms with Gasteiger partial charge in [-0.3, -0.25) is 0 Å². The van der Waals surface area contributed by atoms with Gasteiger partial charge in [-0.25, -0.2) is 0 Å². The molecule has 0 amide bonds. The predicted octanol–water partition coefficient (Wildman–Crippen LogP) is 5.36. The Labute approximate surface area is 200 Å². The highest BCUT2D eigenvalue weighted by atomic mass is 16.7. The summed E-state index contributed by atoms with van der Waals surface area (Å²) in [5.74, 6) is 2.99. The largest absolute Gasteiger partial charge is 0.493 e. The van der Waals surface area contributed by atoms with Gasteiger partial charge in [0.25, 0.3) is 0 Å². The monoisotopic (exact) mass is 459 g/mol. The molecular weight excluding hydrogens is 430 g/mol. The van der Waals surface area contributed by atoms with E-state index in [-0.39, 0.29) is 18.9 Å². The summed E-state index contributed by atoms with van der Waals surface area (Å²) >= 11 is 0. The number of methoxy groups -OCH3 is 2. The first-order valence-corrected chi connectivity index (χ1v) is 11.4. The molecule has 0 bridgehead atoms. The zero-order valence-corrected chi connectivity index (χ0v) is 19.7. The van der Waals surface area contributed by atoms with Crippen molar-refractivity contribution >= 4 is 6.08 Å². The van der Waals surface area contributed by atoms with Gasteiger partial charge in [0.05, 0.1) is 19.3 Å². The Morgan fingerprint density at radius 3 is 2.50 bits per heavy atom. The average molecular weight is 460 g/mol. The number of ether oxygens (including phenoxy) is 5. The van der Waals surface area contributed by atoms with Gasteiger partial charge in [-0.05, 0) is 59.0 Å². The van der Waals surface area contributed by atoms with Gasteiger partial charge in [-0.2, -0.15) is 0 Å². The van der Waals surface area contributed by atoms with E-state index in [9.17, 15) is 0 Å². The van der Waals surface area contributed by atoms with Crippen LogP contribution in [0.5, 0.6) is 23.0 Å². The van der Waals surface area contributed by atoms with Crippen molar-refractivity contribution in [3.05, 3.63) is 88.5 Å². The van der Waals surface area contributed by atoms with Crippen LogP contribution in [0.2, 0.25) is 0 Å². The van der Waals surface area contributed by atoms with E-state index in [1.54, 1.807) is 14.2 Å². The quantitative estimate of drug-likeness (QED) is 0.514. The Bertz CT molecular complexity index is 1190. The molecule has 0 fully saturated rings. The number of benzene rings is 3. The van der Waals surface area contributed by atoms with Crippen LogP contribution in [0, 0.1) is 6.92 Å². The van der Waals surface area contributed by atoms with Crippen molar-refractivity contribution in [3.8, 4) is 23.0 Å². The molecule has 0 saturated heterocycles. The number of hydrogen-bond acceptors (Lipinski definition) is 6. The first-order chi connectivity index (χ1) is 16.7. The molecule has 0 aliphatic carbocycles. The lowest BCUT2D eigenvalue weighted by molar-refractivity contribution is 0.0927. The zero-order chi connectivity index (χ0) is 23.5. The third-order valence-electron chi connectivity index (χ3n) is 6.33. The molecule has 0 saturated carbocycles. The lowest BCUT2D eigenvalue weighted by Gasteiger charge is -2.31. The summed E-state index contributed by atoms with van der Waals surface area (Å²) in [4.78, 5) is 0. The van der Waals surface area contributed by atoms with E-state index >= 15 is 0 Å². The Morgan fingerprint density at radius 2 is 1.74 bits per heavy atom. The number of nitrogens with one attached hydrogen (secondary N) is 1. The molecule has 1 N–H and O–H groups in total. The minimum absolute atomic E-state index is 0.00305. The van der Waals surface area contributed by atoms with Crippen molar-refractivity contribution < 1.29 is 23.7 Å². The summed E-state index contributed by atoms with van der Waals surface area (Å²) in [5, 5.41) is 3.58. The molecule has 6 nitrogen and oxygen atoms in total. The number of fused-ring (bicyclic) bond motifs is 2. The molecule has 2 aliphatic heterocycles. The van der Waals surface area contributed by atoms with Crippen LogP contribution in [0.15, 0.2) is 60.7 Å². The summed E-state index contributed by atoms with van der Waals surface area (Å²) in [6, 6.07) is 18.3. The molecule has 6 heteroatoms. The predicted molar refractivity (Wildman–Crippen MR) is 131 cm³/mol. The van der Waals surface area contributed by atoms with E-state index in [1.165, 1.54) is 0 Å². The fourth-order valence-corrected chi connectivity index (χ4v) is 4.42. The second kappa shape index (κ2) is 9.79. The maximum Gasteiger partial charge on any atom is 0.231 e. The van der Waals surface area contributed by atoms with E-state index in [0.717, 1.165) is 39.3 Å². The molecule has 0 aromatic heterocycles. The Morgan fingerprint density at radius 1 is 0.971 bits per heavy atom. The van der Waals surface area contributed by atoms with Gasteiger partial charge in [0, 0.05) is 13.7 Å². The second-order valence-electron chi connectivity index (χ2n) is 8.44. The molecule has 3 aromatic rings. The van der Waals surface area contributed by atoms with Crippen molar-refractivity contribution in [2.24, 2.45) is 0 Å². The maximum absolute atomic E-state index is 6.15. The molecular formula is C28H29NO5. The van der Waals surface area contributed by atoms with E-state index < -0.39 is 0 Å². The standard InChI is InChI=1S/C28H29NO5/c1-18-11-25-26(34-17-33-25)12-20(18)9-10-23-21-13-24(30-2)27(14-22(21)28(31-3)15-29-23)32-16-19-7-5-4-6-8-19/h4-14,23,28-29H,15-17H2,1-3H3/b10-9+. The van der Waals surface area contributed by atoms with Gasteiger partial charge in [-0.1, -0.05) is 42.5 Å². The fourth-order valence-electron chi connectivity index (χ4n) is 4.42. The van der Waals surface area contributed by atoms with Gasteiger partial charge in [0.2, 0.25) is 6.79 Å². The van der Waals surface area contributed by atoms with Crippen molar-refractivity contribution in [2.75, 3.05) is 27.6 Å². The zero-order valence-electron chi connectivity index (χ0n) is 19.7. The van der Waals surface area contributed by atoms with Gasteiger partial charge in [0.15, 0.2) is 23.0 Å². The van der Waals surface area contributed by atoms with E-state index in [1.807, 2.05) is 42.5 Å². The summed E-state index contributed by atoms with van der Waals surface area (Å²) in [6.07, 6.45) is 4.22. The van der Waals surface area contributed by atoms with Crippen LogP contribution in [-0.2, 0) is 11.3 Å². The molecule has 3 aromatic carbocycles. The molecule has 5 rings (SSSR count). The lowest BCUT2D eigenvalue weighted by Crippen LogP contribution is -2.33. The van der Waals surface area contributed by atoms with Crippen LogP contribution in [0.1, 0.15) is 40.0 Å². The topological polar surface area (TPSA) is 58.2 Å². The molecule has 2 atom stereocenters. The highest BCUT2D eigenvalue weighted by molar-refractivity contribution is 5.62. The van der Waals surface area contributed by atoms with Gasteiger partial charge in [0.1, 0.15) is 6.61 Å². The van der Waals surface area contributed by atoms with Crippen LogP contribution in [-0.4, -0.2) is 27.6 Å². The Balaban J connectivity index is 1.44. The number of aryl methyl sites for hydroxylation is 1. The third kappa shape index (κ3) is 4.47. The van der Waals surface area contributed by atoms with Gasteiger partial charge < -0.3 is 29.0 Å². The van der Waals surface area contributed by atoms with Crippen molar-refractivity contribution in [3.63, 3.8) is 0 Å². The normalized spacial score (nSPS) is 18.7. The third-order valence-corrected chi connectivity index (χ3v) is 6.33. The molecule has 2 heterocycles. The molecule has 34 heavy (non-hydrogen) atoms. The molecule has 2 unspecified atom stereocenters. The van der Waals surface area contributed by atoms with Crippen molar-refractivity contribution in [2.45, 2.75) is 25.7 Å². The smallest absolute Gasteiger partial charge is 0.231 e. The van der Waals surface area contributed by atoms with Crippen molar-refractivity contribution in [1.29, 1.82) is 0 Å². The highest BCUT2D eigenvalue weighted by Crippen LogP contribution is 2.41. The summed E-state index contributed by atoms with van der Waals surface area (Å²) in [6.45, 7) is 3.51. The Kier molecular flexibility index (Phi) is 6.43. The fraction of sp³-hybridized carbons (Fsp3) is 0.286. The van der Waals surface area contributed by atoms with Crippen LogP contribution >= 0.6 is 0 Å². The van der Waals surface area contributed by atoms with Crippen LogP contribution < -0.4 is 24.3 Å². The van der Waals surface area contributed by atoms with Crippen LogP contribution in [0.3, 0.4) is 0 Å². The van der Waals surface area contributed by atoms with E-state index in [2.05, 4.69) is 36.5 Å². The first-order valence-electron chi connectivity index (χ1n) is 11.4. The molecule has 0 radical (unpaired) electrons. The minimum Gasteiger partial charge on any atom is -0.493 e. The number of hydrogen-bond donors (Lipinski definition) is 1. The minimum atomic E-state index is -0.0723. The second-order valence-corrected chi connectivity index (χ2v) is 8.44. The summed E-state index contributed by atoms with van der Waals surface area (Å²) in [7, 11) is 3.40. The first kappa shape index (κ1) is 22.3. The van der Waals surface area contributed by atoms with E-state index in [4.69, 9.17) is 23.7 Å². The molecule has 2 aliphatic rings. The maximum atomic E-state index is 6.15.